The molecule has 3 rings (SSSR count). The first kappa shape index (κ1) is 18.4. The molecule has 5 nitrogen and oxygen atoms in total. The summed E-state index contributed by atoms with van der Waals surface area (Å²) in [5.41, 5.74) is 3.32. The van der Waals surface area contributed by atoms with Gasteiger partial charge in [0.25, 0.3) is 11.6 Å². The SMILES string of the molecule is Cc1noc2nc(C(C)C)cc(C(=O)N(C)C(C)c3ccccc3Cl)c12. The topological polar surface area (TPSA) is 59.2 Å². The maximum atomic E-state index is 13.3. The minimum Gasteiger partial charge on any atom is -0.336 e. The Hall–Kier alpha value is -2.40. The molecular weight excluding hydrogens is 350 g/mol. The number of fused-ring (bicyclic) bond motifs is 1. The van der Waals surface area contributed by atoms with E-state index >= 15 is 0 Å². The van der Waals surface area contributed by atoms with Crippen molar-refractivity contribution in [1.29, 1.82) is 0 Å². The predicted molar refractivity (Wildman–Crippen MR) is 103 cm³/mol. The van der Waals surface area contributed by atoms with Crippen LogP contribution >= 0.6 is 11.6 Å². The summed E-state index contributed by atoms with van der Waals surface area (Å²) < 4.78 is 5.32. The standard InChI is InChI=1S/C20H22ClN3O2/c1-11(2)17-10-15(18-12(3)23-26-19(18)22-17)20(25)24(5)13(4)14-8-6-7-9-16(14)21/h6-11,13H,1-5H3. The lowest BCUT2D eigenvalue weighted by Crippen LogP contribution is -2.30. The molecule has 0 radical (unpaired) electrons. The molecule has 1 unspecified atom stereocenters. The number of nitrogens with zero attached hydrogens (tertiary/aromatic N) is 3. The van der Waals surface area contributed by atoms with Gasteiger partial charge < -0.3 is 9.42 Å². The number of amides is 1. The fraction of sp³-hybridized carbons (Fsp3) is 0.350. The minimum atomic E-state index is -0.179. The van der Waals surface area contributed by atoms with Gasteiger partial charge in [0.2, 0.25) is 0 Å². The van der Waals surface area contributed by atoms with Crippen LogP contribution in [-0.2, 0) is 0 Å². The highest BCUT2D eigenvalue weighted by atomic mass is 35.5. The number of hydrogen-bond acceptors (Lipinski definition) is 4. The van der Waals surface area contributed by atoms with Crippen molar-refractivity contribution in [3.05, 3.63) is 57.9 Å². The molecule has 6 heteroatoms. The quantitative estimate of drug-likeness (QED) is 0.637. The van der Waals surface area contributed by atoms with E-state index in [1.54, 1.807) is 11.9 Å². The van der Waals surface area contributed by atoms with Crippen LogP contribution in [0.2, 0.25) is 5.02 Å². The first-order valence-corrected chi connectivity index (χ1v) is 8.97. The van der Waals surface area contributed by atoms with E-state index in [-0.39, 0.29) is 17.9 Å². The molecule has 1 aromatic carbocycles. The lowest BCUT2D eigenvalue weighted by Gasteiger charge is -2.26. The van der Waals surface area contributed by atoms with Crippen LogP contribution in [0.3, 0.4) is 0 Å². The number of aromatic nitrogens is 2. The van der Waals surface area contributed by atoms with Gasteiger partial charge in [-0.15, -0.1) is 0 Å². The van der Waals surface area contributed by atoms with Crippen molar-refractivity contribution in [2.45, 2.75) is 39.7 Å². The number of halogens is 1. The van der Waals surface area contributed by atoms with Gasteiger partial charge in [-0.3, -0.25) is 4.79 Å². The summed E-state index contributed by atoms with van der Waals surface area (Å²) in [6.07, 6.45) is 0. The highest BCUT2D eigenvalue weighted by Gasteiger charge is 2.25. The Morgan fingerprint density at radius 2 is 1.92 bits per heavy atom. The number of aryl methyl sites for hydroxylation is 1. The van der Waals surface area contributed by atoms with E-state index in [0.29, 0.717) is 27.4 Å². The van der Waals surface area contributed by atoms with Gasteiger partial charge in [-0.25, -0.2) is 4.98 Å². The molecule has 3 aromatic rings. The average molecular weight is 372 g/mol. The van der Waals surface area contributed by atoms with Gasteiger partial charge in [-0.1, -0.05) is 48.8 Å². The monoisotopic (exact) mass is 371 g/mol. The van der Waals surface area contributed by atoms with Crippen molar-refractivity contribution in [2.75, 3.05) is 7.05 Å². The number of pyridine rings is 1. The number of benzene rings is 1. The summed E-state index contributed by atoms with van der Waals surface area (Å²) in [5.74, 6) is 0.0562. The minimum absolute atomic E-state index is 0.113. The smallest absolute Gasteiger partial charge is 0.259 e. The Kier molecular flexibility index (Phi) is 5.01. The summed E-state index contributed by atoms with van der Waals surface area (Å²) in [6.45, 7) is 7.83. The third kappa shape index (κ3) is 3.19. The van der Waals surface area contributed by atoms with E-state index in [9.17, 15) is 4.79 Å². The Labute approximate surface area is 157 Å². The van der Waals surface area contributed by atoms with Crippen LogP contribution in [0, 0.1) is 6.92 Å². The van der Waals surface area contributed by atoms with Crippen LogP contribution in [0.5, 0.6) is 0 Å². The molecule has 2 aromatic heterocycles. The lowest BCUT2D eigenvalue weighted by molar-refractivity contribution is 0.0744. The third-order valence-corrected chi connectivity index (χ3v) is 5.06. The van der Waals surface area contributed by atoms with E-state index in [4.69, 9.17) is 16.1 Å². The molecule has 0 aliphatic rings. The molecule has 0 bridgehead atoms. The number of rotatable bonds is 4. The Morgan fingerprint density at radius 1 is 1.23 bits per heavy atom. The first-order valence-electron chi connectivity index (χ1n) is 8.59. The van der Waals surface area contributed by atoms with Gasteiger partial charge in [-0.2, -0.15) is 0 Å². The van der Waals surface area contributed by atoms with Crippen LogP contribution < -0.4 is 0 Å². The third-order valence-electron chi connectivity index (χ3n) is 4.72. The number of carbonyl (C=O) groups is 1. The molecule has 0 spiro atoms. The van der Waals surface area contributed by atoms with E-state index in [1.165, 1.54) is 0 Å². The van der Waals surface area contributed by atoms with Crippen molar-refractivity contribution in [1.82, 2.24) is 15.0 Å². The van der Waals surface area contributed by atoms with Crippen LogP contribution in [0.25, 0.3) is 11.1 Å². The summed E-state index contributed by atoms with van der Waals surface area (Å²) in [7, 11) is 1.78. The van der Waals surface area contributed by atoms with E-state index in [1.807, 2.05) is 58.0 Å². The maximum absolute atomic E-state index is 13.3. The maximum Gasteiger partial charge on any atom is 0.259 e. The molecule has 0 aliphatic carbocycles. The summed E-state index contributed by atoms with van der Waals surface area (Å²) in [6, 6.07) is 9.22. The zero-order valence-electron chi connectivity index (χ0n) is 15.6. The molecule has 0 saturated heterocycles. The molecule has 26 heavy (non-hydrogen) atoms. The highest BCUT2D eigenvalue weighted by molar-refractivity contribution is 6.31. The molecule has 0 fully saturated rings. The molecular formula is C20H22ClN3O2. The lowest BCUT2D eigenvalue weighted by atomic mass is 10.0. The average Bonchev–Trinajstić information content (AvgIpc) is 3.00. The number of hydrogen-bond donors (Lipinski definition) is 0. The Balaban J connectivity index is 2.06. The molecule has 2 heterocycles. The fourth-order valence-corrected chi connectivity index (χ4v) is 3.26. The Morgan fingerprint density at radius 3 is 2.58 bits per heavy atom. The molecule has 1 amide bonds. The first-order chi connectivity index (χ1) is 12.3. The van der Waals surface area contributed by atoms with Crippen LogP contribution in [0.15, 0.2) is 34.9 Å². The van der Waals surface area contributed by atoms with E-state index in [2.05, 4.69) is 10.1 Å². The van der Waals surface area contributed by atoms with Crippen molar-refractivity contribution in [3.63, 3.8) is 0 Å². The second-order valence-corrected chi connectivity index (χ2v) is 7.22. The molecule has 1 atom stereocenters. The largest absolute Gasteiger partial charge is 0.336 e. The van der Waals surface area contributed by atoms with Crippen LogP contribution in [-0.4, -0.2) is 28.0 Å². The molecule has 0 N–H and O–H groups in total. The van der Waals surface area contributed by atoms with E-state index in [0.717, 1.165) is 11.3 Å². The summed E-state index contributed by atoms with van der Waals surface area (Å²) in [4.78, 5) is 19.5. The van der Waals surface area contributed by atoms with Gasteiger partial charge in [0.1, 0.15) is 0 Å². The fourth-order valence-electron chi connectivity index (χ4n) is 2.97. The van der Waals surface area contributed by atoms with Crippen molar-refractivity contribution in [3.8, 4) is 0 Å². The van der Waals surface area contributed by atoms with Gasteiger partial charge in [0.15, 0.2) is 0 Å². The van der Waals surface area contributed by atoms with E-state index < -0.39 is 0 Å². The van der Waals surface area contributed by atoms with Crippen molar-refractivity contribution < 1.29 is 9.32 Å². The van der Waals surface area contributed by atoms with Gasteiger partial charge >= 0.3 is 0 Å². The Bertz CT molecular complexity index is 965. The second-order valence-electron chi connectivity index (χ2n) is 6.81. The summed E-state index contributed by atoms with van der Waals surface area (Å²) >= 11 is 6.31. The summed E-state index contributed by atoms with van der Waals surface area (Å²) in [5, 5.41) is 5.29. The van der Waals surface area contributed by atoms with Crippen molar-refractivity contribution >= 4 is 28.6 Å². The zero-order chi connectivity index (χ0) is 19.0. The van der Waals surface area contributed by atoms with Gasteiger partial charge in [-0.05, 0) is 37.5 Å². The molecule has 0 aliphatic heterocycles. The van der Waals surface area contributed by atoms with Gasteiger partial charge in [0, 0.05) is 17.8 Å². The van der Waals surface area contributed by atoms with Gasteiger partial charge in [0.05, 0.1) is 22.7 Å². The van der Waals surface area contributed by atoms with Crippen LogP contribution in [0.1, 0.15) is 60.0 Å². The molecule has 0 saturated carbocycles. The van der Waals surface area contributed by atoms with Crippen molar-refractivity contribution in [2.24, 2.45) is 0 Å². The second kappa shape index (κ2) is 7.08. The molecule has 136 valence electrons. The van der Waals surface area contributed by atoms with Crippen LogP contribution in [0.4, 0.5) is 0 Å². The predicted octanol–water partition coefficient (Wildman–Crippen LogP) is 5.14. The zero-order valence-corrected chi connectivity index (χ0v) is 16.3. The highest BCUT2D eigenvalue weighted by Crippen LogP contribution is 2.30. The normalized spacial score (nSPS) is 12.6. The number of carbonyl (C=O) groups excluding carboxylic acids is 1.